The molecule has 0 aromatic carbocycles. The summed E-state index contributed by atoms with van der Waals surface area (Å²) in [7, 11) is 0. The molecule has 2 heterocycles. The molecule has 0 radical (unpaired) electrons. The van der Waals surface area contributed by atoms with E-state index >= 15 is 0 Å². The van der Waals surface area contributed by atoms with Gasteiger partial charge in [0.1, 0.15) is 5.82 Å². The Hall–Kier alpha value is -0.800. The fourth-order valence-electron chi connectivity index (χ4n) is 2.74. The summed E-state index contributed by atoms with van der Waals surface area (Å²) < 4.78 is 0. The highest BCUT2D eigenvalue weighted by atomic mass is 35.5. The Bertz CT molecular complexity index is 400. The number of pyridine rings is 1. The molecule has 1 aliphatic carbocycles. The smallest absolute Gasteiger partial charge is 0.147 e. The van der Waals surface area contributed by atoms with Crippen molar-refractivity contribution in [1.29, 1.82) is 0 Å². The van der Waals surface area contributed by atoms with Crippen LogP contribution in [0.5, 0.6) is 0 Å². The number of nitrogens with zero attached hydrogens (tertiary/aromatic N) is 2. The number of piperidine rings is 1. The average molecular weight is 266 g/mol. The van der Waals surface area contributed by atoms with Crippen molar-refractivity contribution in [3.63, 3.8) is 0 Å². The number of halogens is 1. The summed E-state index contributed by atoms with van der Waals surface area (Å²) in [5.74, 6) is 1.71. The first-order chi connectivity index (χ1) is 8.84. The van der Waals surface area contributed by atoms with Gasteiger partial charge in [-0.15, -0.1) is 0 Å². The van der Waals surface area contributed by atoms with Crippen molar-refractivity contribution >= 4 is 17.4 Å². The second-order valence-electron chi connectivity index (χ2n) is 5.40. The topological polar surface area (TPSA) is 28.2 Å². The second kappa shape index (κ2) is 5.45. The van der Waals surface area contributed by atoms with Gasteiger partial charge in [0, 0.05) is 18.8 Å². The first-order valence-corrected chi connectivity index (χ1v) is 7.30. The Morgan fingerprint density at radius 1 is 1.39 bits per heavy atom. The van der Waals surface area contributed by atoms with Gasteiger partial charge >= 0.3 is 0 Å². The zero-order chi connectivity index (χ0) is 12.4. The molecule has 1 aromatic rings. The maximum absolute atomic E-state index is 6.29. The number of aromatic nitrogens is 1. The molecule has 1 N–H and O–H groups in total. The van der Waals surface area contributed by atoms with Crippen molar-refractivity contribution in [2.75, 3.05) is 24.5 Å². The zero-order valence-corrected chi connectivity index (χ0v) is 11.4. The molecule has 1 saturated heterocycles. The van der Waals surface area contributed by atoms with Gasteiger partial charge in [-0.3, -0.25) is 0 Å². The zero-order valence-electron chi connectivity index (χ0n) is 10.6. The van der Waals surface area contributed by atoms with Gasteiger partial charge in [-0.1, -0.05) is 11.6 Å². The highest BCUT2D eigenvalue weighted by Gasteiger charge is 2.32. The molecule has 0 spiro atoms. The molecular formula is C14H20ClN3. The van der Waals surface area contributed by atoms with Crippen LogP contribution >= 0.6 is 11.6 Å². The molecule has 1 aliphatic heterocycles. The fourth-order valence-corrected chi connectivity index (χ4v) is 2.97. The monoisotopic (exact) mass is 265 g/mol. The maximum Gasteiger partial charge on any atom is 0.147 e. The largest absolute Gasteiger partial charge is 0.352 e. The minimum absolute atomic E-state index is 0.666. The number of hydrogen-bond acceptors (Lipinski definition) is 3. The predicted octanol–water partition coefficient (Wildman–Crippen LogP) is 2.70. The van der Waals surface area contributed by atoms with Crippen LogP contribution in [-0.4, -0.2) is 30.7 Å². The van der Waals surface area contributed by atoms with Gasteiger partial charge in [-0.2, -0.15) is 0 Å². The van der Waals surface area contributed by atoms with E-state index in [1.165, 1.54) is 32.2 Å². The molecule has 0 amide bonds. The molecular weight excluding hydrogens is 246 g/mol. The average Bonchev–Trinajstić information content (AvgIpc) is 3.23. The van der Waals surface area contributed by atoms with Crippen LogP contribution in [0.2, 0.25) is 5.02 Å². The van der Waals surface area contributed by atoms with E-state index in [2.05, 4.69) is 15.2 Å². The number of hydrogen-bond donors (Lipinski definition) is 1. The summed E-state index contributed by atoms with van der Waals surface area (Å²) in [6.45, 7) is 3.40. The molecule has 3 rings (SSSR count). The summed E-state index contributed by atoms with van der Waals surface area (Å²) in [4.78, 5) is 6.91. The summed E-state index contributed by atoms with van der Waals surface area (Å²) in [6.07, 6.45) is 7.02. The summed E-state index contributed by atoms with van der Waals surface area (Å²) in [5, 5.41) is 4.27. The number of nitrogens with one attached hydrogen (secondary N) is 1. The van der Waals surface area contributed by atoms with Crippen molar-refractivity contribution in [2.45, 2.75) is 31.7 Å². The van der Waals surface area contributed by atoms with E-state index in [1.54, 1.807) is 0 Å². The third kappa shape index (κ3) is 2.78. The Kier molecular flexibility index (Phi) is 3.71. The molecule has 1 atom stereocenters. The standard InChI is InChI=1S/C14H20ClN3/c15-13-4-2-8-17-14(13)18(12-5-6-12)10-11-3-1-7-16-9-11/h2,4,8,11-12,16H,1,3,5-7,9-10H2. The SMILES string of the molecule is Clc1cccnc1N(CC1CCCNC1)C1CC1. The molecule has 98 valence electrons. The van der Waals surface area contributed by atoms with Crippen molar-refractivity contribution in [2.24, 2.45) is 5.92 Å². The molecule has 0 bridgehead atoms. The normalized spacial score (nSPS) is 23.9. The van der Waals surface area contributed by atoms with Crippen LogP contribution < -0.4 is 10.2 Å². The van der Waals surface area contributed by atoms with Gasteiger partial charge in [0.15, 0.2) is 0 Å². The molecule has 3 nitrogen and oxygen atoms in total. The van der Waals surface area contributed by atoms with Crippen molar-refractivity contribution in [3.8, 4) is 0 Å². The van der Waals surface area contributed by atoms with Crippen molar-refractivity contribution in [3.05, 3.63) is 23.4 Å². The van der Waals surface area contributed by atoms with E-state index in [4.69, 9.17) is 11.6 Å². The third-order valence-corrected chi connectivity index (χ3v) is 4.15. The van der Waals surface area contributed by atoms with Crippen LogP contribution in [0.1, 0.15) is 25.7 Å². The van der Waals surface area contributed by atoms with Crippen LogP contribution in [0.25, 0.3) is 0 Å². The Morgan fingerprint density at radius 3 is 2.94 bits per heavy atom. The summed E-state index contributed by atoms with van der Waals surface area (Å²) in [6, 6.07) is 4.51. The van der Waals surface area contributed by atoms with Crippen LogP contribution in [-0.2, 0) is 0 Å². The lowest BCUT2D eigenvalue weighted by Crippen LogP contribution is -2.39. The molecule has 1 unspecified atom stereocenters. The van der Waals surface area contributed by atoms with E-state index < -0.39 is 0 Å². The van der Waals surface area contributed by atoms with E-state index in [1.807, 2.05) is 18.3 Å². The number of anilines is 1. The van der Waals surface area contributed by atoms with Crippen LogP contribution in [0.4, 0.5) is 5.82 Å². The minimum Gasteiger partial charge on any atom is -0.352 e. The quantitative estimate of drug-likeness (QED) is 0.907. The van der Waals surface area contributed by atoms with Crippen LogP contribution in [0, 0.1) is 5.92 Å². The maximum atomic E-state index is 6.29. The summed E-state index contributed by atoms with van der Waals surface area (Å²) in [5.41, 5.74) is 0. The Morgan fingerprint density at radius 2 is 2.28 bits per heavy atom. The van der Waals surface area contributed by atoms with E-state index in [0.29, 0.717) is 6.04 Å². The van der Waals surface area contributed by atoms with Crippen LogP contribution in [0.3, 0.4) is 0 Å². The minimum atomic E-state index is 0.666. The summed E-state index contributed by atoms with van der Waals surface area (Å²) >= 11 is 6.29. The van der Waals surface area contributed by atoms with E-state index in [-0.39, 0.29) is 0 Å². The predicted molar refractivity (Wildman–Crippen MR) is 75.2 cm³/mol. The first-order valence-electron chi connectivity index (χ1n) is 6.92. The number of rotatable bonds is 4. The molecule has 1 saturated carbocycles. The van der Waals surface area contributed by atoms with Crippen LogP contribution in [0.15, 0.2) is 18.3 Å². The molecule has 18 heavy (non-hydrogen) atoms. The van der Waals surface area contributed by atoms with E-state index in [9.17, 15) is 0 Å². The lowest BCUT2D eigenvalue weighted by molar-refractivity contribution is 0.375. The molecule has 2 fully saturated rings. The molecule has 2 aliphatic rings. The van der Waals surface area contributed by atoms with Crippen molar-refractivity contribution in [1.82, 2.24) is 10.3 Å². The molecule has 1 aromatic heterocycles. The Balaban J connectivity index is 1.73. The van der Waals surface area contributed by atoms with Gasteiger partial charge in [-0.25, -0.2) is 4.98 Å². The van der Waals surface area contributed by atoms with Crippen molar-refractivity contribution < 1.29 is 0 Å². The Labute approximate surface area is 114 Å². The highest BCUT2D eigenvalue weighted by molar-refractivity contribution is 6.32. The van der Waals surface area contributed by atoms with Gasteiger partial charge in [0.2, 0.25) is 0 Å². The highest BCUT2D eigenvalue weighted by Crippen LogP contribution is 2.35. The third-order valence-electron chi connectivity index (χ3n) is 3.85. The van der Waals surface area contributed by atoms with E-state index in [0.717, 1.165) is 29.8 Å². The fraction of sp³-hybridized carbons (Fsp3) is 0.643. The lowest BCUT2D eigenvalue weighted by Gasteiger charge is -2.31. The lowest BCUT2D eigenvalue weighted by atomic mass is 9.99. The first kappa shape index (κ1) is 12.2. The van der Waals surface area contributed by atoms with Gasteiger partial charge in [-0.05, 0) is 56.8 Å². The van der Waals surface area contributed by atoms with Gasteiger partial charge in [0.05, 0.1) is 5.02 Å². The second-order valence-corrected chi connectivity index (χ2v) is 5.81. The molecule has 4 heteroatoms. The van der Waals surface area contributed by atoms with Gasteiger partial charge in [0.25, 0.3) is 0 Å². The van der Waals surface area contributed by atoms with Gasteiger partial charge < -0.3 is 10.2 Å².